The van der Waals surface area contributed by atoms with E-state index in [1.165, 1.54) is 0 Å². The molecule has 0 saturated carbocycles. The number of methoxy groups -OCH3 is 2. The van der Waals surface area contributed by atoms with Crippen LogP contribution in [-0.2, 0) is 11.3 Å². The van der Waals surface area contributed by atoms with E-state index >= 15 is 0 Å². The van der Waals surface area contributed by atoms with Gasteiger partial charge in [-0.05, 0) is 39.0 Å². The Balaban J connectivity index is 1.80. The number of nitrogens with one attached hydrogen (secondary N) is 1. The van der Waals surface area contributed by atoms with Crippen molar-refractivity contribution < 1.29 is 14.3 Å². The molecule has 0 spiro atoms. The first-order valence-corrected chi connectivity index (χ1v) is 9.42. The molecule has 2 aromatic heterocycles. The van der Waals surface area contributed by atoms with Gasteiger partial charge in [-0.25, -0.2) is 4.98 Å². The summed E-state index contributed by atoms with van der Waals surface area (Å²) in [6.07, 6.45) is 0. The quantitative estimate of drug-likeness (QED) is 0.691. The molecule has 1 aromatic carbocycles. The lowest BCUT2D eigenvalue weighted by Crippen LogP contribution is -2.20. The number of hydrogen-bond acceptors (Lipinski definition) is 5. The Morgan fingerprint density at radius 1 is 1.19 bits per heavy atom. The van der Waals surface area contributed by atoms with Crippen LogP contribution in [0.5, 0.6) is 11.5 Å². The summed E-state index contributed by atoms with van der Waals surface area (Å²) in [5.74, 6) is 1.11. The van der Waals surface area contributed by atoms with Crippen molar-refractivity contribution in [3.8, 4) is 22.8 Å². The number of ether oxygens (including phenoxy) is 2. The van der Waals surface area contributed by atoms with E-state index in [1.807, 2.05) is 30.7 Å². The Hall–Kier alpha value is -2.80. The first-order chi connectivity index (χ1) is 12.9. The molecule has 27 heavy (non-hydrogen) atoms. The zero-order chi connectivity index (χ0) is 19.6. The molecule has 0 saturated heterocycles. The van der Waals surface area contributed by atoms with Crippen molar-refractivity contribution in [2.75, 3.05) is 19.5 Å². The van der Waals surface area contributed by atoms with E-state index in [0.717, 1.165) is 27.7 Å². The molecule has 0 aliphatic carbocycles. The van der Waals surface area contributed by atoms with Crippen LogP contribution in [-0.4, -0.2) is 29.7 Å². The maximum Gasteiger partial charge on any atom is 0.244 e. The van der Waals surface area contributed by atoms with Gasteiger partial charge < -0.3 is 19.4 Å². The molecule has 3 rings (SSSR count). The molecule has 0 bridgehead atoms. The van der Waals surface area contributed by atoms with Crippen molar-refractivity contribution in [2.24, 2.45) is 0 Å². The van der Waals surface area contributed by atoms with Gasteiger partial charge in [0, 0.05) is 28.4 Å². The predicted octanol–water partition coefficient (Wildman–Crippen LogP) is 4.19. The van der Waals surface area contributed by atoms with Crippen molar-refractivity contribution in [1.82, 2.24) is 9.55 Å². The molecule has 0 unspecified atom stereocenters. The van der Waals surface area contributed by atoms with Crippen molar-refractivity contribution in [2.45, 2.75) is 27.3 Å². The molecule has 7 heteroatoms. The number of carbonyl (C=O) groups excluding carboxylic acids is 1. The SMILES string of the molecule is COc1ccc(NC(=O)Cn2c(C)cc(-c3csc(C)n3)c2C)c(OC)c1. The third-order valence-corrected chi connectivity index (χ3v) is 5.23. The molecular formula is C20H23N3O3S. The Labute approximate surface area is 162 Å². The maximum atomic E-state index is 12.6. The van der Waals surface area contributed by atoms with Gasteiger partial charge in [0.15, 0.2) is 0 Å². The van der Waals surface area contributed by atoms with Crippen LogP contribution < -0.4 is 14.8 Å². The third kappa shape index (κ3) is 3.98. The highest BCUT2D eigenvalue weighted by Crippen LogP contribution is 2.30. The van der Waals surface area contributed by atoms with E-state index in [2.05, 4.69) is 16.4 Å². The number of nitrogens with zero attached hydrogens (tertiary/aromatic N) is 2. The van der Waals surface area contributed by atoms with E-state index in [0.29, 0.717) is 17.2 Å². The summed E-state index contributed by atoms with van der Waals surface area (Å²) in [5.41, 5.74) is 4.67. The molecule has 1 amide bonds. The molecule has 142 valence electrons. The molecule has 2 heterocycles. The van der Waals surface area contributed by atoms with Crippen LogP contribution in [0.2, 0.25) is 0 Å². The Kier molecular flexibility index (Phi) is 5.51. The lowest BCUT2D eigenvalue weighted by molar-refractivity contribution is -0.116. The molecule has 0 aliphatic heterocycles. The van der Waals surface area contributed by atoms with Gasteiger partial charge in [0.1, 0.15) is 18.0 Å². The van der Waals surface area contributed by atoms with Crippen LogP contribution in [0.1, 0.15) is 16.4 Å². The van der Waals surface area contributed by atoms with Gasteiger partial charge in [-0.1, -0.05) is 0 Å². The van der Waals surface area contributed by atoms with E-state index in [1.54, 1.807) is 43.8 Å². The van der Waals surface area contributed by atoms with E-state index in [9.17, 15) is 4.79 Å². The average Bonchev–Trinajstić information content (AvgIpc) is 3.20. The van der Waals surface area contributed by atoms with Crippen LogP contribution in [0.25, 0.3) is 11.3 Å². The Morgan fingerprint density at radius 3 is 2.59 bits per heavy atom. The molecule has 6 nitrogen and oxygen atoms in total. The van der Waals surface area contributed by atoms with E-state index < -0.39 is 0 Å². The number of aromatic nitrogens is 2. The molecule has 3 aromatic rings. The van der Waals surface area contributed by atoms with Crippen LogP contribution >= 0.6 is 11.3 Å². The second-order valence-electron chi connectivity index (χ2n) is 6.24. The second kappa shape index (κ2) is 7.84. The summed E-state index contributed by atoms with van der Waals surface area (Å²) in [6.45, 7) is 6.22. The molecular weight excluding hydrogens is 362 g/mol. The fraction of sp³-hybridized carbons (Fsp3) is 0.300. The van der Waals surface area contributed by atoms with Gasteiger partial charge in [0.05, 0.1) is 30.6 Å². The van der Waals surface area contributed by atoms with Gasteiger partial charge in [-0.3, -0.25) is 4.79 Å². The van der Waals surface area contributed by atoms with Gasteiger partial charge in [0.25, 0.3) is 0 Å². The summed E-state index contributed by atoms with van der Waals surface area (Å²) in [5, 5.41) is 5.99. The second-order valence-corrected chi connectivity index (χ2v) is 7.30. The maximum absolute atomic E-state index is 12.6. The van der Waals surface area contributed by atoms with Crippen molar-refractivity contribution in [3.05, 3.63) is 46.0 Å². The monoisotopic (exact) mass is 385 g/mol. The fourth-order valence-electron chi connectivity index (χ4n) is 3.03. The molecule has 0 aliphatic rings. The van der Waals surface area contributed by atoms with Crippen molar-refractivity contribution in [1.29, 1.82) is 0 Å². The Bertz CT molecular complexity index is 975. The van der Waals surface area contributed by atoms with Gasteiger partial charge in [-0.2, -0.15) is 0 Å². The lowest BCUT2D eigenvalue weighted by Gasteiger charge is -2.13. The normalized spacial score (nSPS) is 10.7. The number of rotatable bonds is 6. The number of carbonyl (C=O) groups is 1. The van der Waals surface area contributed by atoms with Gasteiger partial charge in [-0.15, -0.1) is 11.3 Å². The average molecular weight is 385 g/mol. The van der Waals surface area contributed by atoms with Crippen LogP contribution in [0.15, 0.2) is 29.6 Å². The first kappa shape index (κ1) is 19.0. The van der Waals surface area contributed by atoms with Crippen molar-refractivity contribution in [3.63, 3.8) is 0 Å². The number of amides is 1. The van der Waals surface area contributed by atoms with Crippen molar-refractivity contribution >= 4 is 22.9 Å². The van der Waals surface area contributed by atoms with Gasteiger partial charge in [0.2, 0.25) is 5.91 Å². The molecule has 0 radical (unpaired) electrons. The lowest BCUT2D eigenvalue weighted by atomic mass is 10.2. The highest BCUT2D eigenvalue weighted by atomic mass is 32.1. The van der Waals surface area contributed by atoms with Gasteiger partial charge >= 0.3 is 0 Å². The smallest absolute Gasteiger partial charge is 0.244 e. The summed E-state index contributed by atoms with van der Waals surface area (Å²) in [4.78, 5) is 17.2. The number of benzene rings is 1. The van der Waals surface area contributed by atoms with Crippen LogP contribution in [0.3, 0.4) is 0 Å². The fourth-order valence-corrected chi connectivity index (χ4v) is 3.64. The zero-order valence-electron chi connectivity index (χ0n) is 16.1. The van der Waals surface area contributed by atoms with Crippen LogP contribution in [0, 0.1) is 20.8 Å². The number of thiazole rings is 1. The summed E-state index contributed by atoms with van der Waals surface area (Å²) in [6, 6.07) is 7.37. The first-order valence-electron chi connectivity index (χ1n) is 8.54. The van der Waals surface area contributed by atoms with E-state index in [-0.39, 0.29) is 12.5 Å². The largest absolute Gasteiger partial charge is 0.497 e. The number of anilines is 1. The minimum atomic E-state index is -0.124. The minimum Gasteiger partial charge on any atom is -0.497 e. The summed E-state index contributed by atoms with van der Waals surface area (Å²) in [7, 11) is 3.15. The molecule has 1 N–H and O–H groups in total. The summed E-state index contributed by atoms with van der Waals surface area (Å²) >= 11 is 1.62. The van der Waals surface area contributed by atoms with E-state index in [4.69, 9.17) is 9.47 Å². The highest BCUT2D eigenvalue weighted by molar-refractivity contribution is 7.09. The number of hydrogen-bond donors (Lipinski definition) is 1. The topological polar surface area (TPSA) is 65.4 Å². The Morgan fingerprint density at radius 2 is 1.96 bits per heavy atom. The predicted molar refractivity (Wildman–Crippen MR) is 108 cm³/mol. The molecule has 0 atom stereocenters. The third-order valence-electron chi connectivity index (χ3n) is 4.45. The summed E-state index contributed by atoms with van der Waals surface area (Å²) < 4.78 is 12.5. The molecule has 0 fully saturated rings. The standard InChI is InChI=1S/C20H23N3O3S/c1-12-8-16(18-11-27-14(3)21-18)13(2)23(12)10-20(24)22-17-7-6-15(25-4)9-19(17)26-5/h6-9,11H,10H2,1-5H3,(H,22,24). The zero-order valence-corrected chi connectivity index (χ0v) is 16.9. The minimum absolute atomic E-state index is 0.124. The highest BCUT2D eigenvalue weighted by Gasteiger charge is 2.16. The van der Waals surface area contributed by atoms with Crippen LogP contribution in [0.4, 0.5) is 5.69 Å². The number of aryl methyl sites for hydroxylation is 2.